The molecule has 23 heavy (non-hydrogen) atoms. The van der Waals surface area contributed by atoms with Crippen molar-refractivity contribution in [3.05, 3.63) is 34.2 Å². The molecule has 1 aromatic heterocycles. The number of amides is 1. The number of carbonyl (C=O) groups excluding carboxylic acids is 1. The maximum absolute atomic E-state index is 12.7. The lowest BCUT2D eigenvalue weighted by Gasteiger charge is -2.39. The molecular weight excluding hydrogens is 317 g/mol. The number of halogens is 3. The summed E-state index contributed by atoms with van der Waals surface area (Å²) in [5, 5.41) is 19.6. The minimum atomic E-state index is -4.61. The van der Waals surface area contributed by atoms with E-state index in [2.05, 4.69) is 0 Å². The summed E-state index contributed by atoms with van der Waals surface area (Å²) in [6.45, 7) is 0.893. The molecule has 1 amide bonds. The Bertz CT molecular complexity index is 654. The summed E-state index contributed by atoms with van der Waals surface area (Å²) < 4.78 is 38.7. The first-order valence-electron chi connectivity index (χ1n) is 6.96. The van der Waals surface area contributed by atoms with Crippen molar-refractivity contribution in [2.24, 2.45) is 0 Å². The smallest absolute Gasteiger partial charge is 0.388 e. The largest absolute Gasteiger partial charge is 0.417 e. The lowest BCUT2D eigenvalue weighted by atomic mass is 9.91. The highest BCUT2D eigenvalue weighted by atomic mass is 19.4. The van der Waals surface area contributed by atoms with Crippen LogP contribution in [0.3, 0.4) is 0 Å². The summed E-state index contributed by atoms with van der Waals surface area (Å²) in [6, 6.07) is 1.41. The van der Waals surface area contributed by atoms with Gasteiger partial charge in [-0.3, -0.25) is 9.59 Å². The van der Waals surface area contributed by atoms with Gasteiger partial charge in [0, 0.05) is 25.4 Å². The fraction of sp³-hybridized carbons (Fsp3) is 0.571. The minimum absolute atomic E-state index is 0.136. The molecule has 2 heterocycles. The van der Waals surface area contributed by atoms with E-state index < -0.39 is 41.5 Å². The van der Waals surface area contributed by atoms with E-state index in [9.17, 15) is 33.0 Å². The summed E-state index contributed by atoms with van der Waals surface area (Å²) in [7, 11) is 0. The van der Waals surface area contributed by atoms with E-state index in [1.165, 1.54) is 11.8 Å². The van der Waals surface area contributed by atoms with E-state index in [4.69, 9.17) is 0 Å². The number of rotatable bonds is 2. The van der Waals surface area contributed by atoms with Crippen molar-refractivity contribution in [2.45, 2.75) is 37.8 Å². The van der Waals surface area contributed by atoms with Gasteiger partial charge in [0.15, 0.2) is 0 Å². The molecule has 1 saturated heterocycles. The zero-order valence-electron chi connectivity index (χ0n) is 12.4. The first kappa shape index (κ1) is 17.5. The molecule has 128 valence electrons. The van der Waals surface area contributed by atoms with Crippen LogP contribution in [0.2, 0.25) is 0 Å². The summed E-state index contributed by atoms with van der Waals surface area (Å²) >= 11 is 0. The molecule has 1 aliphatic heterocycles. The normalized spacial score (nSPS) is 25.5. The molecule has 6 nitrogen and oxygen atoms in total. The number of pyridine rings is 1. The molecule has 1 fully saturated rings. The number of hydrogen-bond acceptors (Lipinski definition) is 4. The van der Waals surface area contributed by atoms with E-state index in [1.54, 1.807) is 0 Å². The number of alkyl halides is 3. The standard InChI is InChI=1S/C14H17F3N2O4/c1-13(23)4-5-18(7-10(13)20)12(22)8-19-6-9(14(15,16)17)2-3-11(19)21/h2-3,6,10,20,23H,4-5,7-8H2,1H3/t10-,13+/m0/s1. The lowest BCUT2D eigenvalue weighted by Crippen LogP contribution is -2.55. The Hall–Kier alpha value is -1.87. The topological polar surface area (TPSA) is 82.8 Å². The van der Waals surface area contributed by atoms with Gasteiger partial charge in [0.05, 0.1) is 17.3 Å². The molecule has 1 aliphatic rings. The highest BCUT2D eigenvalue weighted by Crippen LogP contribution is 2.28. The minimum Gasteiger partial charge on any atom is -0.388 e. The molecule has 0 bridgehead atoms. The number of aliphatic hydroxyl groups is 2. The lowest BCUT2D eigenvalue weighted by molar-refractivity contribution is -0.147. The van der Waals surface area contributed by atoms with Gasteiger partial charge in [-0.2, -0.15) is 13.2 Å². The van der Waals surface area contributed by atoms with Crippen molar-refractivity contribution in [1.29, 1.82) is 0 Å². The number of hydrogen-bond donors (Lipinski definition) is 2. The number of likely N-dealkylation sites (tertiary alicyclic amines) is 1. The Kier molecular flexibility index (Phi) is 4.54. The number of nitrogens with zero attached hydrogens (tertiary/aromatic N) is 2. The Morgan fingerprint density at radius 1 is 1.43 bits per heavy atom. The van der Waals surface area contributed by atoms with Gasteiger partial charge >= 0.3 is 6.18 Å². The summed E-state index contributed by atoms with van der Waals surface area (Å²) in [6.07, 6.45) is -5.04. The molecule has 0 spiro atoms. The summed E-state index contributed by atoms with van der Waals surface area (Å²) in [4.78, 5) is 25.0. The second kappa shape index (κ2) is 5.97. The summed E-state index contributed by atoms with van der Waals surface area (Å²) in [5.74, 6) is -0.596. The Labute approximate surface area is 129 Å². The van der Waals surface area contributed by atoms with Crippen LogP contribution in [-0.2, 0) is 17.5 Å². The average Bonchev–Trinajstić information content (AvgIpc) is 2.43. The first-order chi connectivity index (χ1) is 10.5. The second-order valence-electron chi connectivity index (χ2n) is 5.84. The molecule has 0 unspecified atom stereocenters. The Morgan fingerprint density at radius 2 is 2.09 bits per heavy atom. The van der Waals surface area contributed by atoms with Crippen LogP contribution < -0.4 is 5.56 Å². The number of β-amino-alcohol motifs (C(OH)–C–C–N with tert-alkyl or cyclic N) is 1. The third-order valence-electron chi connectivity index (χ3n) is 3.97. The molecule has 2 rings (SSSR count). The Morgan fingerprint density at radius 3 is 2.65 bits per heavy atom. The van der Waals surface area contributed by atoms with Gasteiger partial charge in [-0.1, -0.05) is 0 Å². The van der Waals surface area contributed by atoms with Crippen molar-refractivity contribution >= 4 is 5.91 Å². The predicted molar refractivity (Wildman–Crippen MR) is 73.5 cm³/mol. The maximum atomic E-state index is 12.7. The molecule has 0 saturated carbocycles. The van der Waals surface area contributed by atoms with Crippen LogP contribution in [0.1, 0.15) is 18.9 Å². The van der Waals surface area contributed by atoms with Crippen LogP contribution in [0.15, 0.2) is 23.1 Å². The van der Waals surface area contributed by atoms with E-state index in [0.29, 0.717) is 16.8 Å². The van der Waals surface area contributed by atoms with Crippen LogP contribution in [0, 0.1) is 0 Å². The quantitative estimate of drug-likeness (QED) is 0.810. The highest BCUT2D eigenvalue weighted by Gasteiger charge is 2.38. The summed E-state index contributed by atoms with van der Waals surface area (Å²) in [5.41, 5.74) is -3.06. The van der Waals surface area contributed by atoms with Gasteiger partial charge in [-0.25, -0.2) is 0 Å². The van der Waals surface area contributed by atoms with Crippen molar-refractivity contribution in [3.8, 4) is 0 Å². The van der Waals surface area contributed by atoms with E-state index in [-0.39, 0.29) is 19.5 Å². The predicted octanol–water partition coefficient (Wildman–Crippen LogP) is 0.211. The van der Waals surface area contributed by atoms with E-state index >= 15 is 0 Å². The SMILES string of the molecule is C[C@@]1(O)CCN(C(=O)Cn2cc(C(F)(F)F)ccc2=O)C[C@@H]1O. The average molecular weight is 334 g/mol. The number of aliphatic hydroxyl groups excluding tert-OH is 1. The number of piperidine rings is 1. The van der Waals surface area contributed by atoms with Gasteiger partial charge in [0.1, 0.15) is 6.54 Å². The number of aromatic nitrogens is 1. The third-order valence-corrected chi connectivity index (χ3v) is 3.97. The van der Waals surface area contributed by atoms with E-state index in [1.807, 2.05) is 0 Å². The highest BCUT2D eigenvalue weighted by molar-refractivity contribution is 5.76. The Balaban J connectivity index is 2.14. The van der Waals surface area contributed by atoms with Crippen LogP contribution in [-0.4, -0.2) is 50.4 Å². The van der Waals surface area contributed by atoms with Gasteiger partial charge < -0.3 is 19.7 Å². The molecule has 9 heteroatoms. The molecular formula is C14H17F3N2O4. The van der Waals surface area contributed by atoms with Gasteiger partial charge in [-0.05, 0) is 19.4 Å². The monoisotopic (exact) mass is 334 g/mol. The molecule has 2 atom stereocenters. The molecule has 0 aromatic carbocycles. The van der Waals surface area contributed by atoms with Crippen molar-refractivity contribution in [3.63, 3.8) is 0 Å². The first-order valence-corrected chi connectivity index (χ1v) is 6.96. The zero-order valence-corrected chi connectivity index (χ0v) is 12.4. The van der Waals surface area contributed by atoms with Gasteiger partial charge in [0.25, 0.3) is 5.56 Å². The fourth-order valence-corrected chi connectivity index (χ4v) is 2.32. The maximum Gasteiger partial charge on any atom is 0.417 e. The molecule has 1 aromatic rings. The zero-order chi connectivity index (χ0) is 17.4. The molecule has 2 N–H and O–H groups in total. The van der Waals surface area contributed by atoms with Crippen molar-refractivity contribution < 1.29 is 28.2 Å². The molecule has 0 radical (unpaired) electrons. The van der Waals surface area contributed by atoms with Crippen LogP contribution >= 0.6 is 0 Å². The van der Waals surface area contributed by atoms with Crippen LogP contribution in [0.5, 0.6) is 0 Å². The van der Waals surface area contributed by atoms with Crippen LogP contribution in [0.4, 0.5) is 13.2 Å². The third kappa shape index (κ3) is 3.91. The van der Waals surface area contributed by atoms with Crippen LogP contribution in [0.25, 0.3) is 0 Å². The van der Waals surface area contributed by atoms with Crippen molar-refractivity contribution in [2.75, 3.05) is 13.1 Å². The molecule has 0 aliphatic carbocycles. The van der Waals surface area contributed by atoms with Crippen molar-refractivity contribution in [1.82, 2.24) is 9.47 Å². The van der Waals surface area contributed by atoms with E-state index in [0.717, 1.165) is 6.07 Å². The van der Waals surface area contributed by atoms with Gasteiger partial charge in [0.2, 0.25) is 5.91 Å². The number of carbonyl (C=O) groups is 1. The van der Waals surface area contributed by atoms with Gasteiger partial charge in [-0.15, -0.1) is 0 Å². The fourth-order valence-electron chi connectivity index (χ4n) is 2.32. The second-order valence-corrected chi connectivity index (χ2v) is 5.84.